The number of methoxy groups -OCH3 is 1. The van der Waals surface area contributed by atoms with Crippen LogP contribution in [0.2, 0.25) is 0 Å². The molecule has 1 amide bonds. The standard InChI is InChI=1S/C15H17N3O6S/c1-9-14(10(2)24-18-9)25(21,22)16-8-13(19)17-12-6-4-11(5-7-12)15(20)23-3/h4-7,16H,8H2,1-3H3,(H,17,19). The maximum Gasteiger partial charge on any atom is 0.337 e. The lowest BCUT2D eigenvalue weighted by atomic mass is 10.2. The normalized spacial score (nSPS) is 11.2. The van der Waals surface area contributed by atoms with Crippen molar-refractivity contribution in [2.45, 2.75) is 18.7 Å². The van der Waals surface area contributed by atoms with Gasteiger partial charge in [-0.2, -0.15) is 0 Å². The number of rotatable bonds is 6. The van der Waals surface area contributed by atoms with E-state index in [1.54, 1.807) is 0 Å². The summed E-state index contributed by atoms with van der Waals surface area (Å²) in [5, 5.41) is 6.09. The average molecular weight is 367 g/mol. The Morgan fingerprint density at radius 3 is 2.36 bits per heavy atom. The first-order chi connectivity index (χ1) is 11.7. The van der Waals surface area contributed by atoms with E-state index in [-0.39, 0.29) is 16.3 Å². The van der Waals surface area contributed by atoms with Gasteiger partial charge >= 0.3 is 5.97 Å². The molecule has 25 heavy (non-hydrogen) atoms. The Hall–Kier alpha value is -2.72. The number of carbonyl (C=O) groups is 2. The molecular weight excluding hydrogens is 350 g/mol. The van der Waals surface area contributed by atoms with E-state index in [1.165, 1.54) is 45.2 Å². The topological polar surface area (TPSA) is 128 Å². The minimum atomic E-state index is -3.92. The van der Waals surface area contributed by atoms with Crippen LogP contribution in [0, 0.1) is 13.8 Å². The summed E-state index contributed by atoms with van der Waals surface area (Å²) in [6.45, 7) is 2.50. The number of carbonyl (C=O) groups excluding carboxylic acids is 2. The quantitative estimate of drug-likeness (QED) is 0.729. The van der Waals surface area contributed by atoms with Crippen LogP contribution in [-0.4, -0.2) is 39.1 Å². The maximum absolute atomic E-state index is 12.2. The second-order valence-corrected chi connectivity index (χ2v) is 6.80. The molecule has 134 valence electrons. The lowest BCUT2D eigenvalue weighted by molar-refractivity contribution is -0.115. The first-order valence-corrected chi connectivity index (χ1v) is 8.63. The smallest absolute Gasteiger partial charge is 0.337 e. The number of amides is 1. The molecule has 0 saturated carbocycles. The molecule has 0 bridgehead atoms. The zero-order valence-electron chi connectivity index (χ0n) is 13.8. The second kappa shape index (κ2) is 7.45. The van der Waals surface area contributed by atoms with Gasteiger partial charge < -0.3 is 14.6 Å². The van der Waals surface area contributed by atoms with Gasteiger partial charge in [-0.05, 0) is 38.1 Å². The van der Waals surface area contributed by atoms with Crippen LogP contribution in [0.5, 0.6) is 0 Å². The van der Waals surface area contributed by atoms with Gasteiger partial charge in [0, 0.05) is 5.69 Å². The summed E-state index contributed by atoms with van der Waals surface area (Å²) in [7, 11) is -2.65. The highest BCUT2D eigenvalue weighted by Gasteiger charge is 2.24. The van der Waals surface area contributed by atoms with Crippen molar-refractivity contribution in [1.29, 1.82) is 0 Å². The number of anilines is 1. The molecule has 0 spiro atoms. The summed E-state index contributed by atoms with van der Waals surface area (Å²) in [4.78, 5) is 23.2. The molecule has 1 aromatic carbocycles. The van der Waals surface area contributed by atoms with Crippen LogP contribution in [-0.2, 0) is 19.6 Å². The van der Waals surface area contributed by atoms with E-state index in [9.17, 15) is 18.0 Å². The maximum atomic E-state index is 12.2. The van der Waals surface area contributed by atoms with E-state index in [4.69, 9.17) is 4.52 Å². The molecule has 1 aromatic heterocycles. The van der Waals surface area contributed by atoms with E-state index in [2.05, 4.69) is 19.9 Å². The molecule has 0 aliphatic rings. The zero-order chi connectivity index (χ0) is 18.6. The summed E-state index contributed by atoms with van der Waals surface area (Å²) < 4.78 is 36.0. The predicted molar refractivity (Wildman–Crippen MR) is 87.6 cm³/mol. The summed E-state index contributed by atoms with van der Waals surface area (Å²) in [6, 6.07) is 5.98. The molecule has 2 N–H and O–H groups in total. The molecule has 2 rings (SSSR count). The minimum absolute atomic E-state index is 0.0808. The van der Waals surface area contributed by atoms with Crippen LogP contribution in [0.25, 0.3) is 0 Å². The van der Waals surface area contributed by atoms with Crippen LogP contribution in [0.3, 0.4) is 0 Å². The van der Waals surface area contributed by atoms with Crippen molar-refractivity contribution in [3.05, 3.63) is 41.3 Å². The Morgan fingerprint density at radius 1 is 1.20 bits per heavy atom. The summed E-state index contributed by atoms with van der Waals surface area (Å²) >= 11 is 0. The van der Waals surface area contributed by atoms with Gasteiger partial charge in [-0.15, -0.1) is 0 Å². The van der Waals surface area contributed by atoms with Gasteiger partial charge in [0.25, 0.3) is 0 Å². The van der Waals surface area contributed by atoms with Crippen molar-refractivity contribution in [1.82, 2.24) is 9.88 Å². The average Bonchev–Trinajstić information content (AvgIpc) is 2.92. The zero-order valence-corrected chi connectivity index (χ0v) is 14.6. The van der Waals surface area contributed by atoms with Gasteiger partial charge in [0.05, 0.1) is 19.2 Å². The van der Waals surface area contributed by atoms with E-state index in [0.717, 1.165) is 0 Å². The highest BCUT2D eigenvalue weighted by atomic mass is 32.2. The fraction of sp³-hybridized carbons (Fsp3) is 0.267. The number of ether oxygens (including phenoxy) is 1. The number of aryl methyl sites for hydroxylation is 2. The van der Waals surface area contributed by atoms with E-state index < -0.39 is 28.4 Å². The Labute approximate surface area is 144 Å². The Balaban J connectivity index is 1.98. The van der Waals surface area contributed by atoms with Gasteiger partial charge in [-0.1, -0.05) is 5.16 Å². The van der Waals surface area contributed by atoms with Gasteiger partial charge in [0.15, 0.2) is 5.76 Å². The number of aromatic nitrogens is 1. The predicted octanol–water partition coefficient (Wildman–Crippen LogP) is 0.995. The fourth-order valence-corrected chi connectivity index (χ4v) is 3.41. The number of sulfonamides is 1. The minimum Gasteiger partial charge on any atom is -0.465 e. The Morgan fingerprint density at radius 2 is 1.84 bits per heavy atom. The van der Waals surface area contributed by atoms with Crippen LogP contribution in [0.1, 0.15) is 21.8 Å². The number of hydrogen-bond donors (Lipinski definition) is 2. The number of nitrogens with one attached hydrogen (secondary N) is 2. The van der Waals surface area contributed by atoms with Crippen LogP contribution < -0.4 is 10.0 Å². The molecule has 0 atom stereocenters. The van der Waals surface area contributed by atoms with Crippen molar-refractivity contribution >= 4 is 27.6 Å². The largest absolute Gasteiger partial charge is 0.465 e. The van der Waals surface area contributed by atoms with Gasteiger partial charge in [0.2, 0.25) is 15.9 Å². The third kappa shape index (κ3) is 4.43. The van der Waals surface area contributed by atoms with E-state index in [1.807, 2.05) is 0 Å². The van der Waals surface area contributed by atoms with Crippen molar-refractivity contribution < 1.29 is 27.3 Å². The monoisotopic (exact) mass is 367 g/mol. The summed E-state index contributed by atoms with van der Waals surface area (Å²) in [5.41, 5.74) is 0.956. The van der Waals surface area contributed by atoms with Crippen molar-refractivity contribution in [2.24, 2.45) is 0 Å². The molecule has 0 saturated heterocycles. The third-order valence-corrected chi connectivity index (χ3v) is 4.89. The Kier molecular flexibility index (Phi) is 5.55. The molecule has 9 nitrogen and oxygen atoms in total. The van der Waals surface area contributed by atoms with Crippen molar-refractivity contribution in [3.63, 3.8) is 0 Å². The van der Waals surface area contributed by atoms with Gasteiger partial charge in [-0.3, -0.25) is 4.79 Å². The lowest BCUT2D eigenvalue weighted by Crippen LogP contribution is -2.33. The first kappa shape index (κ1) is 18.6. The van der Waals surface area contributed by atoms with Gasteiger partial charge in [0.1, 0.15) is 10.6 Å². The van der Waals surface area contributed by atoms with Crippen molar-refractivity contribution in [3.8, 4) is 0 Å². The fourth-order valence-electron chi connectivity index (χ4n) is 2.10. The van der Waals surface area contributed by atoms with Crippen molar-refractivity contribution in [2.75, 3.05) is 19.0 Å². The molecule has 0 unspecified atom stereocenters. The van der Waals surface area contributed by atoms with Crippen LogP contribution >= 0.6 is 0 Å². The summed E-state index contributed by atoms with van der Waals surface area (Å²) in [5.74, 6) is -0.921. The molecular formula is C15H17N3O6S. The SMILES string of the molecule is COC(=O)c1ccc(NC(=O)CNS(=O)(=O)c2c(C)noc2C)cc1. The van der Waals surface area contributed by atoms with Crippen LogP contribution in [0.15, 0.2) is 33.7 Å². The van der Waals surface area contributed by atoms with Crippen LogP contribution in [0.4, 0.5) is 5.69 Å². The first-order valence-electron chi connectivity index (χ1n) is 7.15. The number of esters is 1. The third-order valence-electron chi connectivity index (χ3n) is 3.25. The molecule has 1 heterocycles. The molecule has 0 fully saturated rings. The molecule has 0 aliphatic heterocycles. The highest BCUT2D eigenvalue weighted by Crippen LogP contribution is 2.18. The number of benzene rings is 1. The number of nitrogens with zero attached hydrogens (tertiary/aromatic N) is 1. The second-order valence-electron chi connectivity index (χ2n) is 5.09. The number of hydrogen-bond acceptors (Lipinski definition) is 7. The highest BCUT2D eigenvalue weighted by molar-refractivity contribution is 7.89. The molecule has 2 aromatic rings. The molecule has 0 aliphatic carbocycles. The molecule has 0 radical (unpaired) electrons. The van der Waals surface area contributed by atoms with E-state index in [0.29, 0.717) is 11.3 Å². The lowest BCUT2D eigenvalue weighted by Gasteiger charge is -2.08. The van der Waals surface area contributed by atoms with E-state index >= 15 is 0 Å². The molecule has 10 heteroatoms. The summed E-state index contributed by atoms with van der Waals surface area (Å²) in [6.07, 6.45) is 0. The van der Waals surface area contributed by atoms with Gasteiger partial charge in [-0.25, -0.2) is 17.9 Å². The Bertz CT molecular complexity index is 867.